The van der Waals surface area contributed by atoms with Gasteiger partial charge in [0.1, 0.15) is 0 Å². The molecule has 0 saturated carbocycles. The van der Waals surface area contributed by atoms with Crippen LogP contribution in [0.4, 0.5) is 5.69 Å². The Hall–Kier alpha value is -2.35. The van der Waals surface area contributed by atoms with Crippen LogP contribution in [0.2, 0.25) is 0 Å². The zero-order valence-corrected chi connectivity index (χ0v) is 7.98. The van der Waals surface area contributed by atoms with Crippen LogP contribution < -0.4 is 5.73 Å². The Bertz CT molecular complexity index is 483. The number of hydrogen-bond acceptors (Lipinski definition) is 3. The second-order valence-corrected chi connectivity index (χ2v) is 2.87. The summed E-state index contributed by atoms with van der Waals surface area (Å²) < 4.78 is 0. The van der Waals surface area contributed by atoms with Crippen molar-refractivity contribution in [2.75, 3.05) is 0 Å². The second kappa shape index (κ2) is 4.24. The van der Waals surface area contributed by atoms with Gasteiger partial charge in [0.2, 0.25) is 0 Å². The number of carbonyl (C=O) groups is 1. The highest BCUT2D eigenvalue weighted by Gasteiger charge is 2.09. The van der Waals surface area contributed by atoms with E-state index in [2.05, 4.69) is 11.8 Å². The number of nitrogens with two attached hydrogens (primary N) is 1. The number of aryl methyl sites for hydroxylation is 1. The summed E-state index contributed by atoms with van der Waals surface area (Å²) in [7, 11) is 0. The smallest absolute Gasteiger partial charge is 0.293 e. The highest BCUT2D eigenvalue weighted by molar-refractivity contribution is 5.92. The van der Waals surface area contributed by atoms with E-state index >= 15 is 0 Å². The minimum atomic E-state index is -0.766. The number of benzene rings is 1. The number of nitro benzene ring substituents is 1. The van der Waals surface area contributed by atoms with Gasteiger partial charge in [-0.25, -0.2) is 0 Å². The zero-order valence-electron chi connectivity index (χ0n) is 7.98. The third-order valence-electron chi connectivity index (χ3n) is 1.74. The Labute approximate surface area is 86.0 Å². The van der Waals surface area contributed by atoms with Gasteiger partial charge in [0, 0.05) is 17.2 Å². The van der Waals surface area contributed by atoms with Crippen LogP contribution in [0.5, 0.6) is 0 Å². The largest absolute Gasteiger partial charge is 0.359 e. The summed E-state index contributed by atoms with van der Waals surface area (Å²) in [5, 5.41) is 10.6. The maximum Gasteiger partial charge on any atom is 0.293 e. The number of hydrogen-bond donors (Lipinski definition) is 1. The van der Waals surface area contributed by atoms with Gasteiger partial charge in [-0.15, -0.1) is 0 Å². The Morgan fingerprint density at radius 2 is 2.20 bits per heavy atom. The molecule has 0 radical (unpaired) electrons. The summed E-state index contributed by atoms with van der Waals surface area (Å²) in [5.41, 5.74) is 5.74. The molecule has 0 aliphatic heterocycles. The van der Waals surface area contributed by atoms with E-state index in [0.717, 1.165) is 0 Å². The summed E-state index contributed by atoms with van der Waals surface area (Å²) in [6, 6.07) is 4.48. The molecule has 0 heterocycles. The Morgan fingerprint density at radius 3 is 2.73 bits per heavy atom. The summed E-state index contributed by atoms with van der Waals surface area (Å²) in [4.78, 5) is 20.5. The van der Waals surface area contributed by atoms with Crippen molar-refractivity contribution in [2.24, 2.45) is 5.73 Å². The lowest BCUT2D eigenvalue weighted by atomic mass is 10.1. The number of carbonyl (C=O) groups excluding carboxylic acids is 1. The molecule has 1 aromatic rings. The minimum absolute atomic E-state index is 0.0220. The normalized spacial score (nSPS) is 8.87. The van der Waals surface area contributed by atoms with Crippen molar-refractivity contribution >= 4 is 11.6 Å². The first kappa shape index (κ1) is 10.7. The van der Waals surface area contributed by atoms with Crippen LogP contribution in [-0.4, -0.2) is 10.8 Å². The highest BCUT2D eigenvalue weighted by Crippen LogP contribution is 2.18. The van der Waals surface area contributed by atoms with Gasteiger partial charge in [-0.2, -0.15) is 0 Å². The molecule has 0 bridgehead atoms. The van der Waals surface area contributed by atoms with Crippen molar-refractivity contribution in [1.29, 1.82) is 0 Å². The molecule has 1 aromatic carbocycles. The number of primary amides is 1. The summed E-state index contributed by atoms with van der Waals surface area (Å²) in [5.74, 6) is 3.79. The molecule has 0 spiro atoms. The first-order valence-electron chi connectivity index (χ1n) is 4.07. The van der Waals surface area contributed by atoms with E-state index in [9.17, 15) is 14.9 Å². The average Bonchev–Trinajstić information content (AvgIpc) is 2.16. The predicted molar refractivity (Wildman–Crippen MR) is 53.9 cm³/mol. The Kier molecular flexibility index (Phi) is 3.03. The number of nitro groups is 1. The van der Waals surface area contributed by atoms with Gasteiger partial charge in [0.05, 0.1) is 4.92 Å². The van der Waals surface area contributed by atoms with E-state index < -0.39 is 10.8 Å². The van der Waals surface area contributed by atoms with Crippen molar-refractivity contribution < 1.29 is 9.72 Å². The van der Waals surface area contributed by atoms with Gasteiger partial charge >= 0.3 is 0 Å². The molecular weight excluding hydrogens is 196 g/mol. The van der Waals surface area contributed by atoms with Crippen LogP contribution in [0.1, 0.15) is 11.1 Å². The molecule has 0 atom stereocenters. The molecule has 0 saturated heterocycles. The van der Waals surface area contributed by atoms with Crippen molar-refractivity contribution in [3.8, 4) is 11.8 Å². The molecule has 5 heteroatoms. The van der Waals surface area contributed by atoms with E-state index in [-0.39, 0.29) is 5.69 Å². The molecule has 0 unspecified atom stereocenters. The lowest BCUT2D eigenvalue weighted by Gasteiger charge is -1.96. The maximum atomic E-state index is 10.6. The SMILES string of the molecule is Cc1ccc(C#CC(N)=O)cc1[N+](=O)[O-]. The summed E-state index contributed by atoms with van der Waals surface area (Å²) in [6.07, 6.45) is 0. The van der Waals surface area contributed by atoms with E-state index in [1.165, 1.54) is 6.07 Å². The monoisotopic (exact) mass is 204 g/mol. The summed E-state index contributed by atoms with van der Waals surface area (Å²) >= 11 is 0. The van der Waals surface area contributed by atoms with Crippen molar-refractivity contribution in [3.63, 3.8) is 0 Å². The molecule has 0 aliphatic rings. The topological polar surface area (TPSA) is 86.2 Å². The van der Waals surface area contributed by atoms with Crippen LogP contribution in [0.25, 0.3) is 0 Å². The Balaban J connectivity index is 3.15. The van der Waals surface area contributed by atoms with E-state index in [1.807, 2.05) is 0 Å². The lowest BCUT2D eigenvalue weighted by Crippen LogP contribution is -2.06. The molecular formula is C10H8N2O3. The zero-order chi connectivity index (χ0) is 11.4. The molecule has 15 heavy (non-hydrogen) atoms. The molecule has 1 amide bonds. The van der Waals surface area contributed by atoms with Gasteiger partial charge in [0.15, 0.2) is 0 Å². The number of rotatable bonds is 1. The van der Waals surface area contributed by atoms with Crippen LogP contribution in [0, 0.1) is 28.9 Å². The van der Waals surface area contributed by atoms with Crippen LogP contribution in [-0.2, 0) is 4.79 Å². The van der Waals surface area contributed by atoms with Gasteiger partial charge < -0.3 is 5.73 Å². The van der Waals surface area contributed by atoms with E-state index in [1.54, 1.807) is 19.1 Å². The third-order valence-corrected chi connectivity index (χ3v) is 1.74. The molecule has 5 nitrogen and oxygen atoms in total. The van der Waals surface area contributed by atoms with Crippen LogP contribution >= 0.6 is 0 Å². The third kappa shape index (κ3) is 2.81. The molecule has 0 aromatic heterocycles. The fourth-order valence-corrected chi connectivity index (χ4v) is 1.02. The predicted octanol–water partition coefficient (Wildman–Crippen LogP) is 0.740. The lowest BCUT2D eigenvalue weighted by molar-refractivity contribution is -0.385. The first-order valence-corrected chi connectivity index (χ1v) is 4.07. The van der Waals surface area contributed by atoms with Gasteiger partial charge in [-0.1, -0.05) is 12.0 Å². The van der Waals surface area contributed by atoms with Gasteiger partial charge in [-0.05, 0) is 18.9 Å². The maximum absolute atomic E-state index is 10.6. The molecule has 76 valence electrons. The summed E-state index contributed by atoms with van der Waals surface area (Å²) in [6.45, 7) is 1.63. The Morgan fingerprint density at radius 1 is 1.53 bits per heavy atom. The van der Waals surface area contributed by atoms with Gasteiger partial charge in [-0.3, -0.25) is 14.9 Å². The number of amides is 1. The average molecular weight is 204 g/mol. The molecule has 0 fully saturated rings. The second-order valence-electron chi connectivity index (χ2n) is 2.87. The molecule has 2 N–H and O–H groups in total. The van der Waals surface area contributed by atoms with E-state index in [0.29, 0.717) is 11.1 Å². The number of nitrogens with zero attached hydrogens (tertiary/aromatic N) is 1. The van der Waals surface area contributed by atoms with E-state index in [4.69, 9.17) is 5.73 Å². The van der Waals surface area contributed by atoms with Crippen molar-refractivity contribution in [3.05, 3.63) is 39.4 Å². The quantitative estimate of drug-likeness (QED) is 0.415. The minimum Gasteiger partial charge on any atom is -0.359 e. The van der Waals surface area contributed by atoms with Gasteiger partial charge in [0.25, 0.3) is 11.6 Å². The molecule has 1 rings (SSSR count). The van der Waals surface area contributed by atoms with Crippen LogP contribution in [0.15, 0.2) is 18.2 Å². The first-order chi connectivity index (χ1) is 7.00. The van der Waals surface area contributed by atoms with Crippen LogP contribution in [0.3, 0.4) is 0 Å². The highest BCUT2D eigenvalue weighted by atomic mass is 16.6. The standard InChI is InChI=1S/C10H8N2O3/c1-7-2-3-8(4-5-10(11)13)6-9(7)12(14)15/h2-3,6H,1H3,(H2,11,13). The fourth-order valence-electron chi connectivity index (χ4n) is 1.02. The molecule has 0 aliphatic carbocycles. The van der Waals surface area contributed by atoms with Crippen molar-refractivity contribution in [1.82, 2.24) is 0 Å². The van der Waals surface area contributed by atoms with Crippen molar-refractivity contribution in [2.45, 2.75) is 6.92 Å². The fraction of sp³-hybridized carbons (Fsp3) is 0.100.